The number of hydrogen-bond donors (Lipinski definition) is 1. The van der Waals surface area contributed by atoms with Gasteiger partial charge in [0.25, 0.3) is 0 Å². The first-order chi connectivity index (χ1) is 11.1. The average molecular weight is 378 g/mol. The van der Waals surface area contributed by atoms with Crippen molar-refractivity contribution in [3.63, 3.8) is 0 Å². The van der Waals surface area contributed by atoms with Crippen LogP contribution in [0.25, 0.3) is 6.08 Å². The largest absolute Gasteiger partial charge is 0.454 e. The lowest BCUT2D eigenvalue weighted by Gasteiger charge is -2.04. The van der Waals surface area contributed by atoms with Gasteiger partial charge in [0.15, 0.2) is 11.5 Å². The molecule has 1 aliphatic heterocycles. The summed E-state index contributed by atoms with van der Waals surface area (Å²) in [5.74, 6) is 0.684. The lowest BCUT2D eigenvalue weighted by Crippen LogP contribution is -2.20. The molecule has 4 nitrogen and oxygen atoms in total. The van der Waals surface area contributed by atoms with E-state index < -0.39 is 0 Å². The molecule has 1 amide bonds. The van der Waals surface area contributed by atoms with Crippen molar-refractivity contribution >= 4 is 27.9 Å². The summed E-state index contributed by atoms with van der Waals surface area (Å²) in [5.41, 5.74) is 1.24. The van der Waals surface area contributed by atoms with Crippen molar-refractivity contribution in [1.29, 1.82) is 0 Å². The van der Waals surface area contributed by atoms with E-state index >= 15 is 0 Å². The van der Waals surface area contributed by atoms with Crippen LogP contribution in [-0.4, -0.2) is 12.7 Å². The molecule has 0 fully saturated rings. The molecule has 0 saturated carbocycles. The van der Waals surface area contributed by atoms with Crippen LogP contribution in [0, 0.1) is 5.82 Å². The fourth-order valence-corrected chi connectivity index (χ4v) is 2.49. The number of fused-ring (bicyclic) bond motifs is 1. The number of rotatable bonds is 4. The molecule has 0 atom stereocenters. The molecule has 118 valence electrons. The Balaban J connectivity index is 1.59. The maximum atomic E-state index is 13.6. The van der Waals surface area contributed by atoms with E-state index in [1.165, 1.54) is 18.2 Å². The summed E-state index contributed by atoms with van der Waals surface area (Å²) in [6.07, 6.45) is 2.74. The molecular weight excluding hydrogens is 365 g/mol. The van der Waals surface area contributed by atoms with E-state index in [2.05, 4.69) is 21.2 Å². The number of carbonyl (C=O) groups is 1. The number of benzene rings is 2. The van der Waals surface area contributed by atoms with E-state index in [1.54, 1.807) is 18.2 Å². The van der Waals surface area contributed by atoms with Crippen molar-refractivity contribution in [3.8, 4) is 11.5 Å². The molecule has 3 rings (SSSR count). The summed E-state index contributed by atoms with van der Waals surface area (Å²) < 4.78 is 24.8. The smallest absolute Gasteiger partial charge is 0.244 e. The fourth-order valence-electron chi connectivity index (χ4n) is 2.11. The highest BCUT2D eigenvalue weighted by Crippen LogP contribution is 2.32. The molecule has 1 N–H and O–H groups in total. The molecule has 0 spiro atoms. The summed E-state index contributed by atoms with van der Waals surface area (Å²) in [7, 11) is 0. The molecule has 0 saturated heterocycles. The maximum Gasteiger partial charge on any atom is 0.244 e. The van der Waals surface area contributed by atoms with Gasteiger partial charge in [0.1, 0.15) is 5.82 Å². The van der Waals surface area contributed by atoms with Crippen molar-refractivity contribution in [2.75, 3.05) is 6.79 Å². The number of hydrogen-bond acceptors (Lipinski definition) is 3. The average Bonchev–Trinajstić information content (AvgIpc) is 3.01. The highest BCUT2D eigenvalue weighted by molar-refractivity contribution is 9.10. The Kier molecular flexibility index (Phi) is 4.62. The number of carbonyl (C=O) groups excluding carboxylic acids is 1. The predicted molar refractivity (Wildman–Crippen MR) is 87.5 cm³/mol. The van der Waals surface area contributed by atoms with Crippen LogP contribution in [0.5, 0.6) is 11.5 Å². The van der Waals surface area contributed by atoms with Crippen molar-refractivity contribution in [2.24, 2.45) is 0 Å². The van der Waals surface area contributed by atoms with Gasteiger partial charge in [-0.2, -0.15) is 0 Å². The Morgan fingerprint density at radius 3 is 2.91 bits per heavy atom. The van der Waals surface area contributed by atoms with Crippen LogP contribution < -0.4 is 14.8 Å². The van der Waals surface area contributed by atoms with E-state index in [0.29, 0.717) is 23.6 Å². The van der Waals surface area contributed by atoms with E-state index in [9.17, 15) is 9.18 Å². The topological polar surface area (TPSA) is 47.6 Å². The first kappa shape index (κ1) is 15.6. The molecule has 1 aliphatic rings. The normalized spacial score (nSPS) is 12.6. The van der Waals surface area contributed by atoms with Crippen LogP contribution in [0.4, 0.5) is 4.39 Å². The van der Waals surface area contributed by atoms with Gasteiger partial charge in [-0.05, 0) is 42.0 Å². The number of ether oxygens (including phenoxy) is 2. The van der Waals surface area contributed by atoms with Gasteiger partial charge < -0.3 is 14.8 Å². The number of halogens is 2. The summed E-state index contributed by atoms with van der Waals surface area (Å²) in [5, 5.41) is 2.74. The van der Waals surface area contributed by atoms with Crippen LogP contribution in [0.1, 0.15) is 11.1 Å². The zero-order valence-electron chi connectivity index (χ0n) is 12.0. The SMILES string of the molecule is O=C(/C=C/c1cc(Br)ccc1F)NCc1ccc2c(c1)OCO2. The van der Waals surface area contributed by atoms with Crippen LogP contribution >= 0.6 is 15.9 Å². The van der Waals surface area contributed by atoms with Gasteiger partial charge in [0.05, 0.1) is 0 Å². The molecule has 0 radical (unpaired) electrons. The molecule has 6 heteroatoms. The van der Waals surface area contributed by atoms with Crippen LogP contribution in [0.3, 0.4) is 0 Å². The highest BCUT2D eigenvalue weighted by Gasteiger charge is 2.13. The monoisotopic (exact) mass is 377 g/mol. The van der Waals surface area contributed by atoms with E-state index in [4.69, 9.17) is 9.47 Å². The maximum absolute atomic E-state index is 13.6. The van der Waals surface area contributed by atoms with Gasteiger partial charge in [-0.25, -0.2) is 4.39 Å². The van der Waals surface area contributed by atoms with Gasteiger partial charge >= 0.3 is 0 Å². The summed E-state index contributed by atoms with van der Waals surface area (Å²) in [6, 6.07) is 10.0. The molecule has 1 heterocycles. The third-order valence-electron chi connectivity index (χ3n) is 3.28. The van der Waals surface area contributed by atoms with Gasteiger partial charge in [-0.3, -0.25) is 4.79 Å². The second kappa shape index (κ2) is 6.83. The third-order valence-corrected chi connectivity index (χ3v) is 3.77. The van der Waals surface area contributed by atoms with E-state index in [0.717, 1.165) is 10.0 Å². The first-order valence-electron chi connectivity index (χ1n) is 6.91. The zero-order chi connectivity index (χ0) is 16.2. The lowest BCUT2D eigenvalue weighted by atomic mass is 10.2. The Labute approximate surface area is 141 Å². The minimum absolute atomic E-state index is 0.214. The van der Waals surface area contributed by atoms with Crippen LogP contribution in [0.15, 0.2) is 46.9 Å². The second-order valence-electron chi connectivity index (χ2n) is 4.90. The van der Waals surface area contributed by atoms with E-state index in [-0.39, 0.29) is 18.5 Å². The lowest BCUT2D eigenvalue weighted by molar-refractivity contribution is -0.116. The Bertz CT molecular complexity index is 776. The van der Waals surface area contributed by atoms with Gasteiger partial charge in [0.2, 0.25) is 12.7 Å². The summed E-state index contributed by atoms with van der Waals surface area (Å²) >= 11 is 3.27. The molecule has 0 unspecified atom stereocenters. The van der Waals surface area contributed by atoms with Gasteiger partial charge in [-0.15, -0.1) is 0 Å². The molecule has 0 aromatic heterocycles. The van der Waals surface area contributed by atoms with Gasteiger partial charge in [0, 0.05) is 22.7 Å². The molecule has 2 aromatic carbocycles. The Morgan fingerprint density at radius 2 is 2.04 bits per heavy atom. The number of amides is 1. The molecule has 23 heavy (non-hydrogen) atoms. The van der Waals surface area contributed by atoms with E-state index in [1.807, 2.05) is 12.1 Å². The van der Waals surface area contributed by atoms with Crippen LogP contribution in [0.2, 0.25) is 0 Å². The number of nitrogens with one attached hydrogen (secondary N) is 1. The molecule has 0 bridgehead atoms. The predicted octanol–water partition coefficient (Wildman–Crippen LogP) is 3.65. The highest BCUT2D eigenvalue weighted by atomic mass is 79.9. The minimum Gasteiger partial charge on any atom is -0.454 e. The summed E-state index contributed by atoms with van der Waals surface area (Å²) in [6.45, 7) is 0.562. The standard InChI is InChI=1S/C17H13BrFNO3/c18-13-3-4-14(19)12(8-13)2-6-17(21)20-9-11-1-5-15-16(7-11)23-10-22-15/h1-8H,9-10H2,(H,20,21)/b6-2+. The van der Waals surface area contributed by atoms with Crippen molar-refractivity contribution < 1.29 is 18.7 Å². The quantitative estimate of drug-likeness (QED) is 0.827. The minimum atomic E-state index is -0.381. The molecule has 0 aliphatic carbocycles. The second-order valence-corrected chi connectivity index (χ2v) is 5.82. The van der Waals surface area contributed by atoms with Crippen molar-refractivity contribution in [2.45, 2.75) is 6.54 Å². The fraction of sp³-hybridized carbons (Fsp3) is 0.118. The Morgan fingerprint density at radius 1 is 1.22 bits per heavy atom. The van der Waals surface area contributed by atoms with Crippen LogP contribution in [-0.2, 0) is 11.3 Å². The van der Waals surface area contributed by atoms with Crippen molar-refractivity contribution in [3.05, 3.63) is 63.9 Å². The molecule has 2 aromatic rings. The molecular formula is C17H13BrFNO3. The summed E-state index contributed by atoms with van der Waals surface area (Å²) in [4.78, 5) is 11.8. The third kappa shape index (κ3) is 3.90. The first-order valence-corrected chi connectivity index (χ1v) is 7.70. The van der Waals surface area contributed by atoms with Gasteiger partial charge in [-0.1, -0.05) is 22.0 Å². The van der Waals surface area contributed by atoms with Crippen molar-refractivity contribution in [1.82, 2.24) is 5.32 Å². The Hall–Kier alpha value is -2.34. The zero-order valence-corrected chi connectivity index (χ0v) is 13.6.